The van der Waals surface area contributed by atoms with E-state index >= 15 is 0 Å². The number of fused-ring (bicyclic) bond motifs is 1. The maximum atomic E-state index is 13.3. The number of anilines is 1. The highest BCUT2D eigenvalue weighted by Crippen LogP contribution is 2.44. The molecule has 3 saturated heterocycles. The first-order chi connectivity index (χ1) is 16.7. The van der Waals surface area contributed by atoms with Crippen LogP contribution in [0, 0.1) is 11.3 Å². The Labute approximate surface area is 211 Å². The molecule has 36 heavy (non-hydrogen) atoms. The van der Waals surface area contributed by atoms with Crippen molar-refractivity contribution >= 4 is 39.4 Å². The third-order valence-corrected chi connectivity index (χ3v) is 7.92. The lowest BCUT2D eigenvalue weighted by Crippen LogP contribution is -2.74. The van der Waals surface area contributed by atoms with Crippen molar-refractivity contribution < 1.29 is 27.5 Å². The quantitative estimate of drug-likeness (QED) is 0.601. The summed E-state index contributed by atoms with van der Waals surface area (Å²) in [6.07, 6.45) is -3.70. The van der Waals surface area contributed by atoms with Gasteiger partial charge in [0.15, 0.2) is 0 Å². The van der Waals surface area contributed by atoms with E-state index in [1.54, 1.807) is 30.6 Å². The minimum Gasteiger partial charge on any atom is -0.444 e. The fourth-order valence-corrected chi connectivity index (χ4v) is 6.50. The summed E-state index contributed by atoms with van der Waals surface area (Å²) in [6, 6.07) is 1.03. The Morgan fingerprint density at radius 3 is 2.50 bits per heavy atom. The number of carbonyl (C=O) groups is 2. The van der Waals surface area contributed by atoms with E-state index in [-0.39, 0.29) is 22.1 Å². The molecule has 3 aliphatic rings. The molecule has 0 aromatic carbocycles. The molecule has 3 fully saturated rings. The van der Waals surface area contributed by atoms with Gasteiger partial charge in [0, 0.05) is 43.0 Å². The molecule has 196 valence electrons. The second kappa shape index (κ2) is 8.46. The first kappa shape index (κ1) is 25.0. The van der Waals surface area contributed by atoms with Crippen LogP contribution >= 0.6 is 11.3 Å². The number of ether oxygens (including phenoxy) is 1. The van der Waals surface area contributed by atoms with E-state index in [4.69, 9.17) is 4.74 Å². The van der Waals surface area contributed by atoms with Gasteiger partial charge in [-0.05, 0) is 39.2 Å². The monoisotopic (exact) mass is 525 g/mol. The molecular weight excluding hydrogens is 495 g/mol. The number of halogens is 3. The summed E-state index contributed by atoms with van der Waals surface area (Å²) < 4.78 is 44.0. The van der Waals surface area contributed by atoms with E-state index in [1.807, 2.05) is 11.8 Å². The average Bonchev–Trinajstić information content (AvgIpc) is 3.26. The molecule has 0 bridgehead atoms. The molecule has 1 spiro atoms. The largest absolute Gasteiger partial charge is 0.444 e. The molecule has 2 aromatic heterocycles. The molecule has 0 radical (unpaired) electrons. The van der Waals surface area contributed by atoms with Gasteiger partial charge in [0.25, 0.3) is 0 Å². The minimum atomic E-state index is -4.27. The van der Waals surface area contributed by atoms with E-state index < -0.39 is 30.3 Å². The number of nitrogens with zero attached hydrogens (tertiary/aromatic N) is 5. The van der Waals surface area contributed by atoms with Crippen molar-refractivity contribution in [3.8, 4) is 0 Å². The van der Waals surface area contributed by atoms with Crippen LogP contribution in [0.5, 0.6) is 0 Å². The lowest BCUT2D eigenvalue weighted by molar-refractivity contribution is -0.150. The van der Waals surface area contributed by atoms with Gasteiger partial charge >= 0.3 is 12.3 Å². The fourth-order valence-electron chi connectivity index (χ4n) is 5.48. The Hall–Kier alpha value is -2.63. The molecule has 3 aliphatic heterocycles. The Kier molecular flexibility index (Phi) is 5.88. The maximum Gasteiger partial charge on any atom is 0.410 e. The lowest BCUT2D eigenvalue weighted by atomic mass is 9.72. The SMILES string of the molecule is C[C@@H]1C[C@@H](C(=O)N2CC3(C2)CN(c2ncnc4sc(CC(F)(F)F)cc24)C3)N(C(=O)OC(C)(C)C)C1. The highest BCUT2D eigenvalue weighted by molar-refractivity contribution is 7.18. The number of carbonyl (C=O) groups excluding carboxylic acids is 2. The topological polar surface area (TPSA) is 78.9 Å². The zero-order chi connectivity index (χ0) is 26.0. The van der Waals surface area contributed by atoms with Gasteiger partial charge in [0.1, 0.15) is 28.6 Å². The van der Waals surface area contributed by atoms with Gasteiger partial charge in [-0.25, -0.2) is 14.8 Å². The number of amides is 2. The van der Waals surface area contributed by atoms with Gasteiger partial charge in [-0.1, -0.05) is 6.92 Å². The Morgan fingerprint density at radius 2 is 1.86 bits per heavy atom. The Balaban J connectivity index is 1.21. The smallest absolute Gasteiger partial charge is 0.410 e. The van der Waals surface area contributed by atoms with E-state index in [0.29, 0.717) is 55.2 Å². The number of aromatic nitrogens is 2. The minimum absolute atomic E-state index is 0.0478. The molecule has 0 saturated carbocycles. The van der Waals surface area contributed by atoms with Gasteiger partial charge in [0.05, 0.1) is 11.8 Å². The van der Waals surface area contributed by atoms with Crippen LogP contribution in [0.4, 0.5) is 23.8 Å². The second-order valence-corrected chi connectivity index (χ2v) is 12.6. The first-order valence-corrected chi connectivity index (χ1v) is 12.9. The van der Waals surface area contributed by atoms with Crippen LogP contribution in [-0.2, 0) is 16.0 Å². The molecule has 5 heterocycles. The maximum absolute atomic E-state index is 13.3. The van der Waals surface area contributed by atoms with Gasteiger partial charge < -0.3 is 14.5 Å². The van der Waals surface area contributed by atoms with E-state index in [0.717, 1.165) is 11.3 Å². The van der Waals surface area contributed by atoms with Gasteiger partial charge in [-0.3, -0.25) is 9.69 Å². The van der Waals surface area contributed by atoms with Crippen LogP contribution in [-0.4, -0.2) is 82.3 Å². The summed E-state index contributed by atoms with van der Waals surface area (Å²) in [4.78, 5) is 40.6. The molecule has 12 heteroatoms. The molecule has 8 nitrogen and oxygen atoms in total. The summed E-state index contributed by atoms with van der Waals surface area (Å²) in [7, 11) is 0. The molecule has 0 N–H and O–H groups in total. The Bertz CT molecular complexity index is 1180. The first-order valence-electron chi connectivity index (χ1n) is 12.1. The summed E-state index contributed by atoms with van der Waals surface area (Å²) in [5.41, 5.74) is -0.687. The zero-order valence-electron chi connectivity index (χ0n) is 20.8. The molecule has 2 amide bonds. The van der Waals surface area contributed by atoms with Crippen LogP contribution in [0.2, 0.25) is 0 Å². The Morgan fingerprint density at radius 1 is 1.17 bits per heavy atom. The molecule has 0 unspecified atom stereocenters. The summed E-state index contributed by atoms with van der Waals surface area (Å²) in [6.45, 7) is 10.5. The number of hydrogen-bond acceptors (Lipinski definition) is 7. The fraction of sp³-hybridized carbons (Fsp3) is 0.667. The van der Waals surface area contributed by atoms with E-state index in [2.05, 4.69) is 9.97 Å². The van der Waals surface area contributed by atoms with Crippen molar-refractivity contribution in [1.82, 2.24) is 19.8 Å². The number of alkyl halides is 3. The van der Waals surface area contributed by atoms with Crippen LogP contribution in [0.1, 0.15) is 39.0 Å². The van der Waals surface area contributed by atoms with E-state index in [9.17, 15) is 22.8 Å². The predicted molar refractivity (Wildman–Crippen MR) is 129 cm³/mol. The molecule has 2 aromatic rings. The molecule has 2 atom stereocenters. The van der Waals surface area contributed by atoms with Crippen LogP contribution in [0.25, 0.3) is 10.2 Å². The van der Waals surface area contributed by atoms with Crippen LogP contribution in [0.15, 0.2) is 12.4 Å². The predicted octanol–water partition coefficient (Wildman–Crippen LogP) is 4.09. The van der Waals surface area contributed by atoms with Gasteiger partial charge in [-0.15, -0.1) is 11.3 Å². The third kappa shape index (κ3) is 4.83. The zero-order valence-corrected chi connectivity index (χ0v) is 21.6. The van der Waals surface area contributed by atoms with Crippen molar-refractivity contribution in [3.63, 3.8) is 0 Å². The van der Waals surface area contributed by atoms with Crippen LogP contribution < -0.4 is 4.90 Å². The van der Waals surface area contributed by atoms with E-state index in [1.165, 1.54) is 12.4 Å². The summed E-state index contributed by atoms with van der Waals surface area (Å²) in [5, 5.41) is 0.636. The highest BCUT2D eigenvalue weighted by Gasteiger charge is 2.55. The number of hydrogen-bond donors (Lipinski definition) is 0. The number of rotatable bonds is 3. The standard InChI is InChI=1S/C24H30F3N5O3S/c1-14-5-17(32(8-14)21(34)35-22(2,3)4)20(33)31-11-23(12-31)9-30(10-23)18-16-6-15(7-24(25,26)27)36-19(16)29-13-28-18/h6,13-14,17H,5,7-12H2,1-4H3/t14-,17+/m1/s1. The normalized spacial score (nSPS) is 23.7. The van der Waals surface area contributed by atoms with Crippen molar-refractivity contribution in [2.45, 2.75) is 58.4 Å². The summed E-state index contributed by atoms with van der Waals surface area (Å²) >= 11 is 1.04. The molecular formula is C24H30F3N5O3S. The third-order valence-electron chi connectivity index (χ3n) is 6.87. The van der Waals surface area contributed by atoms with Crippen molar-refractivity contribution in [2.24, 2.45) is 11.3 Å². The van der Waals surface area contributed by atoms with Gasteiger partial charge in [0.2, 0.25) is 5.91 Å². The van der Waals surface area contributed by atoms with Crippen molar-refractivity contribution in [2.75, 3.05) is 37.6 Å². The average molecular weight is 526 g/mol. The highest BCUT2D eigenvalue weighted by atomic mass is 32.1. The molecule has 0 aliphatic carbocycles. The number of thiophene rings is 1. The number of likely N-dealkylation sites (tertiary alicyclic amines) is 2. The summed E-state index contributed by atoms with van der Waals surface area (Å²) in [5.74, 6) is 0.808. The van der Waals surface area contributed by atoms with Gasteiger partial charge in [-0.2, -0.15) is 13.2 Å². The molecule has 5 rings (SSSR count). The lowest BCUT2D eigenvalue weighted by Gasteiger charge is -2.61. The van der Waals surface area contributed by atoms with Crippen molar-refractivity contribution in [3.05, 3.63) is 17.3 Å². The van der Waals surface area contributed by atoms with Crippen molar-refractivity contribution in [1.29, 1.82) is 0 Å². The van der Waals surface area contributed by atoms with Crippen LogP contribution in [0.3, 0.4) is 0 Å². The second-order valence-electron chi connectivity index (χ2n) is 11.5.